The first kappa shape index (κ1) is 17.0. The highest BCUT2D eigenvalue weighted by atomic mass is 16.2. The van der Waals surface area contributed by atoms with Gasteiger partial charge in [-0.1, -0.05) is 12.1 Å². The van der Waals surface area contributed by atoms with E-state index in [4.69, 9.17) is 0 Å². The Kier molecular flexibility index (Phi) is 5.90. The van der Waals surface area contributed by atoms with Crippen LogP contribution < -0.4 is 10.6 Å². The Labute approximate surface area is 138 Å². The normalized spacial score (nSPS) is 11.2. The van der Waals surface area contributed by atoms with Gasteiger partial charge in [-0.25, -0.2) is 0 Å². The van der Waals surface area contributed by atoms with Crippen molar-refractivity contribution in [2.45, 2.75) is 6.92 Å². The first-order valence-corrected chi connectivity index (χ1v) is 7.20. The molecule has 0 saturated carbocycles. The molecule has 0 saturated heterocycles. The van der Waals surface area contributed by atoms with Crippen LogP contribution in [0.4, 0.5) is 0 Å². The quantitative estimate of drug-likeness (QED) is 0.608. The molecule has 0 atom stereocenters. The standard InChI is InChI=1S/C17H16N4O3/c1-12(21-16(23)14-7-3-5-9-19-14)15(17(24)20-10-11-22)13-6-2-4-8-18-13/h2-9,11H,10H2,1H3,(H,20,24)(H,21,23)/b15-12+. The zero-order valence-electron chi connectivity index (χ0n) is 13.0. The van der Waals surface area contributed by atoms with Crippen molar-refractivity contribution in [2.75, 3.05) is 6.54 Å². The van der Waals surface area contributed by atoms with Crippen LogP contribution in [0.25, 0.3) is 5.57 Å². The number of aromatic nitrogens is 2. The Morgan fingerprint density at radius 1 is 1.04 bits per heavy atom. The van der Waals surface area contributed by atoms with Gasteiger partial charge in [-0.3, -0.25) is 19.6 Å². The predicted molar refractivity (Wildman–Crippen MR) is 87.6 cm³/mol. The molecule has 24 heavy (non-hydrogen) atoms. The first-order chi connectivity index (χ1) is 11.6. The Hall–Kier alpha value is -3.35. The molecule has 0 spiro atoms. The third-order valence-corrected chi connectivity index (χ3v) is 3.07. The minimum absolute atomic E-state index is 0.128. The van der Waals surface area contributed by atoms with E-state index in [9.17, 15) is 14.4 Å². The fourth-order valence-electron chi connectivity index (χ4n) is 2.01. The highest BCUT2D eigenvalue weighted by Crippen LogP contribution is 2.15. The summed E-state index contributed by atoms with van der Waals surface area (Å²) in [5.41, 5.74) is 1.11. The number of nitrogens with one attached hydrogen (secondary N) is 2. The van der Waals surface area contributed by atoms with Crippen LogP contribution in [0.5, 0.6) is 0 Å². The summed E-state index contributed by atoms with van der Waals surface area (Å²) >= 11 is 0. The SMILES string of the molecule is C/C(NC(=O)c1ccccn1)=C(\C(=O)NCC=O)c1ccccn1. The Morgan fingerprint density at radius 2 is 1.67 bits per heavy atom. The van der Waals surface area contributed by atoms with Crippen LogP contribution in [0.3, 0.4) is 0 Å². The average Bonchev–Trinajstić information content (AvgIpc) is 2.61. The van der Waals surface area contributed by atoms with Crippen molar-refractivity contribution in [3.63, 3.8) is 0 Å². The molecule has 7 nitrogen and oxygen atoms in total. The minimum atomic E-state index is -0.500. The second-order valence-corrected chi connectivity index (χ2v) is 4.76. The number of aldehydes is 1. The van der Waals surface area contributed by atoms with Gasteiger partial charge in [0.2, 0.25) is 0 Å². The molecule has 0 aromatic carbocycles. The van der Waals surface area contributed by atoms with Crippen LogP contribution in [-0.4, -0.2) is 34.6 Å². The Bertz CT molecular complexity index is 758. The van der Waals surface area contributed by atoms with Crippen molar-refractivity contribution in [3.8, 4) is 0 Å². The number of hydrogen-bond acceptors (Lipinski definition) is 5. The lowest BCUT2D eigenvalue weighted by atomic mass is 10.1. The second kappa shape index (κ2) is 8.33. The lowest BCUT2D eigenvalue weighted by Gasteiger charge is -2.12. The largest absolute Gasteiger partial charge is 0.345 e. The fraction of sp³-hybridized carbons (Fsp3) is 0.118. The molecule has 2 aromatic heterocycles. The topological polar surface area (TPSA) is 101 Å². The summed E-state index contributed by atoms with van der Waals surface area (Å²) in [7, 11) is 0. The van der Waals surface area contributed by atoms with E-state index in [0.717, 1.165) is 0 Å². The molecule has 0 radical (unpaired) electrons. The molecular weight excluding hydrogens is 308 g/mol. The Balaban J connectivity index is 2.33. The van der Waals surface area contributed by atoms with Gasteiger partial charge in [0, 0.05) is 18.1 Å². The van der Waals surface area contributed by atoms with E-state index in [-0.39, 0.29) is 17.8 Å². The van der Waals surface area contributed by atoms with Gasteiger partial charge in [0.1, 0.15) is 12.0 Å². The summed E-state index contributed by atoms with van der Waals surface area (Å²) in [4.78, 5) is 43.1. The molecular formula is C17H16N4O3. The molecule has 2 rings (SSSR count). The fourth-order valence-corrected chi connectivity index (χ4v) is 2.01. The molecule has 0 aliphatic carbocycles. The third kappa shape index (κ3) is 4.33. The summed E-state index contributed by atoms with van der Waals surface area (Å²) in [5, 5.41) is 5.09. The molecule has 0 unspecified atom stereocenters. The van der Waals surface area contributed by atoms with Crippen LogP contribution in [0, 0.1) is 0 Å². The maximum Gasteiger partial charge on any atom is 0.274 e. The molecule has 2 aromatic rings. The second-order valence-electron chi connectivity index (χ2n) is 4.76. The molecule has 0 fully saturated rings. The molecule has 2 N–H and O–H groups in total. The lowest BCUT2D eigenvalue weighted by molar-refractivity contribution is -0.117. The lowest BCUT2D eigenvalue weighted by Crippen LogP contribution is -2.30. The first-order valence-electron chi connectivity index (χ1n) is 7.20. The smallest absolute Gasteiger partial charge is 0.274 e. The number of amides is 2. The van der Waals surface area contributed by atoms with Gasteiger partial charge in [-0.05, 0) is 31.2 Å². The summed E-state index contributed by atoms with van der Waals surface area (Å²) in [6, 6.07) is 10.0. The van der Waals surface area contributed by atoms with Crippen LogP contribution in [0.2, 0.25) is 0 Å². The van der Waals surface area contributed by atoms with Crippen LogP contribution in [-0.2, 0) is 9.59 Å². The summed E-state index contributed by atoms with van der Waals surface area (Å²) < 4.78 is 0. The summed E-state index contributed by atoms with van der Waals surface area (Å²) in [6.45, 7) is 1.46. The molecule has 0 bridgehead atoms. The van der Waals surface area contributed by atoms with Crippen molar-refractivity contribution >= 4 is 23.7 Å². The van der Waals surface area contributed by atoms with Crippen molar-refractivity contribution in [2.24, 2.45) is 0 Å². The van der Waals surface area contributed by atoms with E-state index in [2.05, 4.69) is 20.6 Å². The zero-order valence-corrected chi connectivity index (χ0v) is 13.0. The average molecular weight is 324 g/mol. The van der Waals surface area contributed by atoms with Crippen molar-refractivity contribution in [3.05, 3.63) is 65.9 Å². The van der Waals surface area contributed by atoms with Crippen LogP contribution in [0.15, 0.2) is 54.5 Å². The number of carbonyl (C=O) groups excluding carboxylic acids is 3. The monoisotopic (exact) mass is 324 g/mol. The maximum atomic E-state index is 12.3. The zero-order chi connectivity index (χ0) is 17.4. The van der Waals surface area contributed by atoms with Crippen LogP contribution in [0.1, 0.15) is 23.1 Å². The maximum absolute atomic E-state index is 12.3. The summed E-state index contributed by atoms with van der Waals surface area (Å²) in [6.07, 6.45) is 3.62. The molecule has 2 heterocycles. The number of rotatable bonds is 6. The van der Waals surface area contributed by atoms with E-state index in [1.54, 1.807) is 43.3 Å². The van der Waals surface area contributed by atoms with Crippen molar-refractivity contribution in [1.29, 1.82) is 0 Å². The van der Waals surface area contributed by atoms with Gasteiger partial charge in [-0.15, -0.1) is 0 Å². The van der Waals surface area contributed by atoms with Crippen LogP contribution >= 0.6 is 0 Å². The van der Waals surface area contributed by atoms with Crippen molar-refractivity contribution < 1.29 is 14.4 Å². The molecule has 0 aliphatic rings. The number of carbonyl (C=O) groups is 3. The van der Waals surface area contributed by atoms with Gasteiger partial charge in [0.15, 0.2) is 0 Å². The Morgan fingerprint density at radius 3 is 2.21 bits per heavy atom. The highest BCUT2D eigenvalue weighted by molar-refractivity contribution is 6.20. The van der Waals surface area contributed by atoms with Gasteiger partial charge in [-0.2, -0.15) is 0 Å². The van der Waals surface area contributed by atoms with Crippen molar-refractivity contribution in [1.82, 2.24) is 20.6 Å². The number of hydrogen-bond donors (Lipinski definition) is 2. The van der Waals surface area contributed by atoms with Gasteiger partial charge < -0.3 is 15.4 Å². The predicted octanol–water partition coefficient (Wildman–Crippen LogP) is 0.953. The summed E-state index contributed by atoms with van der Waals surface area (Å²) in [5.74, 6) is -0.940. The molecule has 122 valence electrons. The highest BCUT2D eigenvalue weighted by Gasteiger charge is 2.18. The number of pyridine rings is 2. The van der Waals surface area contributed by atoms with Gasteiger partial charge >= 0.3 is 0 Å². The van der Waals surface area contributed by atoms with Gasteiger partial charge in [0.05, 0.1) is 17.8 Å². The van der Waals surface area contributed by atoms with E-state index >= 15 is 0 Å². The molecule has 2 amide bonds. The minimum Gasteiger partial charge on any atom is -0.345 e. The third-order valence-electron chi connectivity index (χ3n) is 3.07. The van der Waals surface area contributed by atoms with Gasteiger partial charge in [0.25, 0.3) is 11.8 Å². The van der Waals surface area contributed by atoms with E-state index < -0.39 is 11.8 Å². The van der Waals surface area contributed by atoms with E-state index in [0.29, 0.717) is 17.7 Å². The van der Waals surface area contributed by atoms with E-state index in [1.807, 2.05) is 0 Å². The number of allylic oxidation sites excluding steroid dienone is 1. The molecule has 7 heteroatoms. The van der Waals surface area contributed by atoms with E-state index in [1.165, 1.54) is 12.4 Å². The molecule has 0 aliphatic heterocycles. The number of nitrogens with zero attached hydrogens (tertiary/aromatic N) is 2.